The second-order valence-corrected chi connectivity index (χ2v) is 6.14. The van der Waals surface area contributed by atoms with Gasteiger partial charge in [0.05, 0.1) is 15.5 Å². The third-order valence-corrected chi connectivity index (χ3v) is 4.48. The lowest BCUT2D eigenvalue weighted by molar-refractivity contribution is -0.385. The SMILES string of the molecule is O=[N+]([O-])c1cc(CNCC2CCCCC2O)ccc1Br. The fourth-order valence-corrected chi connectivity index (χ4v) is 3.03. The van der Waals surface area contributed by atoms with Crippen molar-refractivity contribution in [1.29, 1.82) is 0 Å². The number of rotatable bonds is 5. The first kappa shape index (κ1) is 15.4. The molecule has 0 heterocycles. The molecular formula is C14H19BrN2O3. The van der Waals surface area contributed by atoms with Crippen molar-refractivity contribution in [3.8, 4) is 0 Å². The summed E-state index contributed by atoms with van der Waals surface area (Å²) in [4.78, 5) is 10.5. The fraction of sp³-hybridized carbons (Fsp3) is 0.571. The van der Waals surface area contributed by atoms with Crippen LogP contribution in [0.5, 0.6) is 0 Å². The van der Waals surface area contributed by atoms with Crippen LogP contribution >= 0.6 is 15.9 Å². The van der Waals surface area contributed by atoms with Gasteiger partial charge in [0, 0.05) is 19.2 Å². The zero-order valence-electron chi connectivity index (χ0n) is 11.2. The lowest BCUT2D eigenvalue weighted by Crippen LogP contribution is -2.33. The summed E-state index contributed by atoms with van der Waals surface area (Å²) in [5.41, 5.74) is 0.965. The molecule has 2 N–H and O–H groups in total. The molecule has 0 aromatic heterocycles. The molecule has 0 aliphatic heterocycles. The first-order chi connectivity index (χ1) is 9.58. The first-order valence-corrected chi connectivity index (χ1v) is 7.69. The highest BCUT2D eigenvalue weighted by molar-refractivity contribution is 9.10. The van der Waals surface area contributed by atoms with Crippen molar-refractivity contribution < 1.29 is 10.0 Å². The van der Waals surface area contributed by atoms with Gasteiger partial charge < -0.3 is 10.4 Å². The summed E-state index contributed by atoms with van der Waals surface area (Å²) >= 11 is 3.17. The molecule has 20 heavy (non-hydrogen) atoms. The molecule has 110 valence electrons. The Bertz CT molecular complexity index is 481. The van der Waals surface area contributed by atoms with E-state index in [0.717, 1.165) is 31.4 Å². The van der Waals surface area contributed by atoms with Gasteiger partial charge in [-0.1, -0.05) is 18.9 Å². The van der Waals surface area contributed by atoms with Crippen LogP contribution in [0.2, 0.25) is 0 Å². The van der Waals surface area contributed by atoms with Crippen LogP contribution in [0.15, 0.2) is 22.7 Å². The predicted molar refractivity (Wildman–Crippen MR) is 80.5 cm³/mol. The molecule has 0 amide bonds. The topological polar surface area (TPSA) is 75.4 Å². The highest BCUT2D eigenvalue weighted by Gasteiger charge is 2.22. The van der Waals surface area contributed by atoms with Crippen LogP contribution in [0.3, 0.4) is 0 Å². The van der Waals surface area contributed by atoms with E-state index in [-0.39, 0.29) is 11.8 Å². The van der Waals surface area contributed by atoms with Crippen LogP contribution in [0, 0.1) is 16.0 Å². The Balaban J connectivity index is 1.87. The number of hydrogen-bond donors (Lipinski definition) is 2. The van der Waals surface area contributed by atoms with Gasteiger partial charge in [-0.2, -0.15) is 0 Å². The minimum atomic E-state index is -0.390. The van der Waals surface area contributed by atoms with E-state index in [0.29, 0.717) is 16.9 Å². The molecule has 0 radical (unpaired) electrons. The highest BCUT2D eigenvalue weighted by atomic mass is 79.9. The van der Waals surface area contributed by atoms with Crippen LogP contribution in [-0.2, 0) is 6.54 Å². The summed E-state index contributed by atoms with van der Waals surface area (Å²) in [6.45, 7) is 1.34. The maximum absolute atomic E-state index is 10.9. The fourth-order valence-electron chi connectivity index (χ4n) is 2.64. The molecule has 1 saturated carbocycles. The molecule has 1 aromatic rings. The van der Waals surface area contributed by atoms with Crippen LogP contribution in [0.4, 0.5) is 5.69 Å². The van der Waals surface area contributed by atoms with Crippen LogP contribution in [0.25, 0.3) is 0 Å². The van der Waals surface area contributed by atoms with Crippen molar-refractivity contribution in [1.82, 2.24) is 5.32 Å². The quantitative estimate of drug-likeness (QED) is 0.637. The molecule has 2 atom stereocenters. The molecule has 0 saturated heterocycles. The number of aliphatic hydroxyl groups excluding tert-OH is 1. The number of nitrogens with one attached hydrogen (secondary N) is 1. The summed E-state index contributed by atoms with van der Waals surface area (Å²) in [6.07, 6.45) is 4.00. The Labute approximate surface area is 126 Å². The standard InChI is InChI=1S/C14H19BrN2O3/c15-12-6-5-10(7-13(12)17(19)20)8-16-9-11-3-1-2-4-14(11)18/h5-7,11,14,16,18H,1-4,8-9H2. The number of nitrogens with zero attached hydrogens (tertiary/aromatic N) is 1. The lowest BCUT2D eigenvalue weighted by atomic mass is 9.86. The summed E-state index contributed by atoms with van der Waals surface area (Å²) in [6, 6.07) is 5.14. The maximum Gasteiger partial charge on any atom is 0.283 e. The lowest BCUT2D eigenvalue weighted by Gasteiger charge is -2.27. The van der Waals surface area contributed by atoms with Gasteiger partial charge in [-0.15, -0.1) is 0 Å². The predicted octanol–water partition coefficient (Wildman–Crippen LogP) is 3.00. The van der Waals surface area contributed by atoms with Gasteiger partial charge in [0.15, 0.2) is 0 Å². The molecule has 2 unspecified atom stereocenters. The summed E-state index contributed by atoms with van der Waals surface area (Å²) in [5, 5.41) is 24.0. The number of aliphatic hydroxyl groups is 1. The number of halogens is 1. The third-order valence-electron chi connectivity index (χ3n) is 3.81. The molecule has 1 aliphatic carbocycles. The number of nitro groups is 1. The van der Waals surface area contributed by atoms with E-state index in [1.807, 2.05) is 6.07 Å². The first-order valence-electron chi connectivity index (χ1n) is 6.89. The number of nitro benzene ring substituents is 1. The molecule has 6 heteroatoms. The van der Waals surface area contributed by atoms with E-state index >= 15 is 0 Å². The van der Waals surface area contributed by atoms with Crippen LogP contribution < -0.4 is 5.32 Å². The van der Waals surface area contributed by atoms with Gasteiger partial charge >= 0.3 is 0 Å². The normalized spacial score (nSPS) is 22.7. The van der Waals surface area contributed by atoms with E-state index in [2.05, 4.69) is 21.2 Å². The van der Waals surface area contributed by atoms with Gasteiger partial charge in [-0.25, -0.2) is 0 Å². The van der Waals surface area contributed by atoms with E-state index in [1.54, 1.807) is 12.1 Å². The van der Waals surface area contributed by atoms with E-state index in [9.17, 15) is 15.2 Å². The van der Waals surface area contributed by atoms with E-state index < -0.39 is 4.92 Å². The molecule has 1 fully saturated rings. The monoisotopic (exact) mass is 342 g/mol. The Morgan fingerprint density at radius 2 is 2.15 bits per heavy atom. The Hall–Kier alpha value is -0.980. The van der Waals surface area contributed by atoms with Crippen LogP contribution in [0.1, 0.15) is 31.2 Å². The van der Waals surface area contributed by atoms with E-state index in [4.69, 9.17) is 0 Å². The van der Waals surface area contributed by atoms with Crippen molar-refractivity contribution in [2.75, 3.05) is 6.54 Å². The average Bonchev–Trinajstić information content (AvgIpc) is 2.42. The van der Waals surface area contributed by atoms with Crippen molar-refractivity contribution in [3.63, 3.8) is 0 Å². The van der Waals surface area contributed by atoms with Gasteiger partial charge in [-0.05, 0) is 46.3 Å². The smallest absolute Gasteiger partial charge is 0.283 e. The second-order valence-electron chi connectivity index (χ2n) is 5.29. The minimum Gasteiger partial charge on any atom is -0.393 e. The van der Waals surface area contributed by atoms with Crippen molar-refractivity contribution in [3.05, 3.63) is 38.3 Å². The second kappa shape index (κ2) is 7.15. The van der Waals surface area contributed by atoms with Crippen molar-refractivity contribution in [2.45, 2.75) is 38.3 Å². The Kier molecular flexibility index (Phi) is 5.51. The largest absolute Gasteiger partial charge is 0.393 e. The Morgan fingerprint density at radius 3 is 2.85 bits per heavy atom. The number of hydrogen-bond acceptors (Lipinski definition) is 4. The molecule has 1 aromatic carbocycles. The molecule has 0 spiro atoms. The Morgan fingerprint density at radius 1 is 1.40 bits per heavy atom. The van der Waals surface area contributed by atoms with Gasteiger partial charge in [0.1, 0.15) is 0 Å². The van der Waals surface area contributed by atoms with Gasteiger partial charge in [0.25, 0.3) is 5.69 Å². The van der Waals surface area contributed by atoms with Gasteiger partial charge in [0.2, 0.25) is 0 Å². The van der Waals surface area contributed by atoms with Gasteiger partial charge in [-0.3, -0.25) is 10.1 Å². The highest BCUT2D eigenvalue weighted by Crippen LogP contribution is 2.26. The summed E-state index contributed by atoms with van der Waals surface area (Å²) in [7, 11) is 0. The van der Waals surface area contributed by atoms with Crippen LogP contribution in [-0.4, -0.2) is 22.7 Å². The average molecular weight is 343 g/mol. The summed E-state index contributed by atoms with van der Waals surface area (Å²) in [5.74, 6) is 0.300. The zero-order valence-corrected chi connectivity index (χ0v) is 12.8. The molecule has 1 aliphatic rings. The molecular weight excluding hydrogens is 324 g/mol. The number of benzene rings is 1. The van der Waals surface area contributed by atoms with Crippen molar-refractivity contribution in [2.24, 2.45) is 5.92 Å². The van der Waals surface area contributed by atoms with Crippen molar-refractivity contribution >= 4 is 21.6 Å². The zero-order chi connectivity index (χ0) is 14.5. The minimum absolute atomic E-state index is 0.0852. The van der Waals surface area contributed by atoms with E-state index in [1.165, 1.54) is 6.42 Å². The third kappa shape index (κ3) is 4.01. The molecule has 5 nitrogen and oxygen atoms in total. The maximum atomic E-state index is 10.9. The molecule has 0 bridgehead atoms. The summed E-state index contributed by atoms with van der Waals surface area (Å²) < 4.78 is 0.494. The molecule has 2 rings (SSSR count).